The number of nitrogens with one attached hydrogen (secondary N) is 3. The summed E-state index contributed by atoms with van der Waals surface area (Å²) in [6.07, 6.45) is 7.45. The second-order valence-corrected chi connectivity index (χ2v) is 5.22. The van der Waals surface area contributed by atoms with Crippen LogP contribution < -0.4 is 10.6 Å². The third-order valence-corrected chi connectivity index (χ3v) is 3.61. The number of aliphatic carboxylic acids is 1. The van der Waals surface area contributed by atoms with Gasteiger partial charge in [-0.15, -0.1) is 0 Å². The molecule has 7 nitrogen and oxygen atoms in total. The molecule has 1 aromatic rings. The molecule has 1 aliphatic rings. The van der Waals surface area contributed by atoms with Crippen LogP contribution in [0.5, 0.6) is 0 Å². The van der Waals surface area contributed by atoms with Gasteiger partial charge in [0.15, 0.2) is 0 Å². The fourth-order valence-electron chi connectivity index (χ4n) is 2.42. The van der Waals surface area contributed by atoms with Gasteiger partial charge in [0.05, 0.1) is 12.0 Å². The van der Waals surface area contributed by atoms with E-state index in [0.717, 1.165) is 37.9 Å². The van der Waals surface area contributed by atoms with E-state index in [1.54, 1.807) is 12.4 Å². The minimum atomic E-state index is -0.872. The highest BCUT2D eigenvalue weighted by atomic mass is 16.4. The molecule has 20 heavy (non-hydrogen) atoms. The number of H-pyrrole nitrogens is 1. The highest BCUT2D eigenvalue weighted by Gasteiger charge is 2.40. The zero-order valence-electron chi connectivity index (χ0n) is 11.3. The number of aromatic amines is 1. The summed E-state index contributed by atoms with van der Waals surface area (Å²) in [5.41, 5.74) is -0.545. The van der Waals surface area contributed by atoms with E-state index in [2.05, 4.69) is 20.6 Å². The number of carboxylic acid groups (broad SMARTS) is 1. The molecule has 1 fully saturated rings. The highest BCUT2D eigenvalue weighted by Crippen LogP contribution is 2.34. The lowest BCUT2D eigenvalue weighted by molar-refractivity contribution is -0.139. The lowest BCUT2D eigenvalue weighted by Gasteiger charge is -2.41. The van der Waals surface area contributed by atoms with E-state index in [9.17, 15) is 9.59 Å². The van der Waals surface area contributed by atoms with Crippen molar-refractivity contribution >= 4 is 12.0 Å². The number of amides is 2. The molecule has 2 amide bonds. The third-order valence-electron chi connectivity index (χ3n) is 3.61. The van der Waals surface area contributed by atoms with Gasteiger partial charge in [0, 0.05) is 25.4 Å². The first-order valence-electron chi connectivity index (χ1n) is 6.86. The van der Waals surface area contributed by atoms with Gasteiger partial charge >= 0.3 is 12.0 Å². The molecule has 1 aliphatic carbocycles. The number of aromatic nitrogens is 2. The fraction of sp³-hybridized carbons (Fsp3) is 0.615. The van der Waals surface area contributed by atoms with Gasteiger partial charge in [0.25, 0.3) is 0 Å². The summed E-state index contributed by atoms with van der Waals surface area (Å²) in [4.78, 5) is 29.7. The second kappa shape index (κ2) is 6.40. The molecule has 0 bridgehead atoms. The number of carbonyl (C=O) groups is 2. The van der Waals surface area contributed by atoms with Crippen LogP contribution in [0.2, 0.25) is 0 Å². The van der Waals surface area contributed by atoms with Gasteiger partial charge in [-0.2, -0.15) is 0 Å². The van der Waals surface area contributed by atoms with Crippen LogP contribution in [0.3, 0.4) is 0 Å². The van der Waals surface area contributed by atoms with Crippen LogP contribution in [0.15, 0.2) is 12.4 Å². The molecule has 0 radical (unpaired) electrons. The predicted octanol–water partition coefficient (Wildman–Crippen LogP) is 1.04. The zero-order chi connectivity index (χ0) is 14.4. The molecule has 0 aromatic carbocycles. The summed E-state index contributed by atoms with van der Waals surface area (Å²) >= 11 is 0. The maximum absolute atomic E-state index is 11.8. The number of nitrogens with zero attached hydrogens (tertiary/aromatic N) is 1. The van der Waals surface area contributed by atoms with Gasteiger partial charge in [-0.25, -0.2) is 9.78 Å². The van der Waals surface area contributed by atoms with E-state index in [0.29, 0.717) is 6.54 Å². The summed E-state index contributed by atoms with van der Waals surface area (Å²) in [5, 5.41) is 14.4. The molecule has 0 unspecified atom stereocenters. The minimum absolute atomic E-state index is 0.00713. The van der Waals surface area contributed by atoms with Crippen molar-refractivity contribution in [3.05, 3.63) is 18.2 Å². The van der Waals surface area contributed by atoms with Crippen molar-refractivity contribution in [1.82, 2.24) is 20.6 Å². The van der Waals surface area contributed by atoms with Crippen molar-refractivity contribution in [2.75, 3.05) is 6.54 Å². The first-order chi connectivity index (χ1) is 9.60. The lowest BCUT2D eigenvalue weighted by atomic mass is 9.74. The molecule has 0 aliphatic heterocycles. The molecule has 0 atom stereocenters. The molecule has 0 spiro atoms. The van der Waals surface area contributed by atoms with Crippen LogP contribution >= 0.6 is 0 Å². The van der Waals surface area contributed by atoms with Crippen molar-refractivity contribution in [3.8, 4) is 0 Å². The largest absolute Gasteiger partial charge is 0.481 e. The smallest absolute Gasteiger partial charge is 0.315 e. The van der Waals surface area contributed by atoms with Gasteiger partial charge in [-0.3, -0.25) is 4.79 Å². The third kappa shape index (κ3) is 3.97. The van der Waals surface area contributed by atoms with Crippen molar-refractivity contribution in [3.63, 3.8) is 0 Å². The minimum Gasteiger partial charge on any atom is -0.481 e. The Balaban J connectivity index is 1.65. The molecule has 0 saturated heterocycles. The van der Waals surface area contributed by atoms with E-state index in [4.69, 9.17) is 5.11 Å². The van der Waals surface area contributed by atoms with Crippen molar-refractivity contribution in [2.45, 2.75) is 44.1 Å². The van der Waals surface area contributed by atoms with Crippen LogP contribution in [-0.2, 0) is 11.2 Å². The predicted molar refractivity (Wildman–Crippen MR) is 72.3 cm³/mol. The summed E-state index contributed by atoms with van der Waals surface area (Å²) in [6, 6.07) is -0.287. The van der Waals surface area contributed by atoms with Crippen LogP contribution in [0.4, 0.5) is 4.79 Å². The highest BCUT2D eigenvalue weighted by molar-refractivity contribution is 5.77. The summed E-state index contributed by atoms with van der Waals surface area (Å²) < 4.78 is 0. The summed E-state index contributed by atoms with van der Waals surface area (Å²) in [6.45, 7) is 0.537. The molecular formula is C13H20N4O3. The molecule has 1 aromatic heterocycles. The Bertz CT molecular complexity index is 454. The number of rotatable bonds is 7. The molecule has 2 rings (SSSR count). The Kier molecular flexibility index (Phi) is 4.60. The normalized spacial score (nSPS) is 16.2. The van der Waals surface area contributed by atoms with Gasteiger partial charge in [-0.05, 0) is 25.7 Å². The van der Waals surface area contributed by atoms with E-state index in [-0.39, 0.29) is 12.5 Å². The molecule has 1 saturated carbocycles. The first kappa shape index (κ1) is 14.4. The Morgan fingerprint density at radius 2 is 2.25 bits per heavy atom. The van der Waals surface area contributed by atoms with Crippen molar-refractivity contribution < 1.29 is 14.7 Å². The number of urea groups is 1. The SMILES string of the molecule is O=C(O)CC1(NC(=O)NCCCc2ncc[nH]2)CCC1. The van der Waals surface area contributed by atoms with Crippen LogP contribution in [0, 0.1) is 0 Å². The standard InChI is InChI=1S/C13H20N4O3/c18-11(19)9-13(4-2-5-13)17-12(20)16-6-1-3-10-14-7-8-15-10/h7-8H,1-6,9H2,(H,14,15)(H,18,19)(H2,16,17,20). The van der Waals surface area contributed by atoms with E-state index >= 15 is 0 Å². The van der Waals surface area contributed by atoms with Crippen molar-refractivity contribution in [2.24, 2.45) is 0 Å². The fourth-order valence-corrected chi connectivity index (χ4v) is 2.42. The summed E-state index contributed by atoms with van der Waals surface area (Å²) in [7, 11) is 0. The molecule has 4 N–H and O–H groups in total. The topological polar surface area (TPSA) is 107 Å². The maximum atomic E-state index is 11.8. The van der Waals surface area contributed by atoms with Gasteiger partial charge in [0.2, 0.25) is 0 Å². The number of aryl methyl sites for hydroxylation is 1. The number of carboxylic acids is 1. The Labute approximate surface area is 117 Å². The van der Waals surface area contributed by atoms with E-state index in [1.807, 2.05) is 0 Å². The molecule has 7 heteroatoms. The first-order valence-corrected chi connectivity index (χ1v) is 6.86. The number of hydrogen-bond acceptors (Lipinski definition) is 3. The molecular weight excluding hydrogens is 260 g/mol. The summed E-state index contributed by atoms with van der Waals surface area (Å²) in [5.74, 6) is 0.0244. The number of imidazole rings is 1. The zero-order valence-corrected chi connectivity index (χ0v) is 11.3. The second-order valence-electron chi connectivity index (χ2n) is 5.22. The average Bonchev–Trinajstić information content (AvgIpc) is 2.84. The lowest BCUT2D eigenvalue weighted by Crippen LogP contribution is -2.57. The van der Waals surface area contributed by atoms with Crippen LogP contribution in [0.1, 0.15) is 37.9 Å². The van der Waals surface area contributed by atoms with Gasteiger partial charge < -0.3 is 20.7 Å². The van der Waals surface area contributed by atoms with Crippen molar-refractivity contribution in [1.29, 1.82) is 0 Å². The Morgan fingerprint density at radius 1 is 1.45 bits per heavy atom. The quantitative estimate of drug-likeness (QED) is 0.560. The molecule has 110 valence electrons. The molecule has 1 heterocycles. The van der Waals surface area contributed by atoms with E-state index in [1.165, 1.54) is 0 Å². The van der Waals surface area contributed by atoms with Gasteiger partial charge in [0.1, 0.15) is 5.82 Å². The average molecular weight is 280 g/mol. The Morgan fingerprint density at radius 3 is 2.80 bits per heavy atom. The monoisotopic (exact) mass is 280 g/mol. The van der Waals surface area contributed by atoms with Crippen LogP contribution in [-0.4, -0.2) is 39.2 Å². The number of carbonyl (C=O) groups excluding carboxylic acids is 1. The van der Waals surface area contributed by atoms with Crippen LogP contribution in [0.25, 0.3) is 0 Å². The van der Waals surface area contributed by atoms with Gasteiger partial charge in [-0.1, -0.05) is 0 Å². The van der Waals surface area contributed by atoms with E-state index < -0.39 is 11.5 Å². The Hall–Kier alpha value is -2.05. The number of hydrogen-bond donors (Lipinski definition) is 4. The maximum Gasteiger partial charge on any atom is 0.315 e.